The van der Waals surface area contributed by atoms with Crippen LogP contribution in [0, 0.1) is 0 Å². The minimum atomic E-state index is 0.383. The van der Waals surface area contributed by atoms with Crippen molar-refractivity contribution in [2.45, 2.75) is 46.4 Å². The van der Waals surface area contributed by atoms with Gasteiger partial charge in [0.25, 0.3) is 0 Å². The maximum atomic E-state index is 6.07. The first-order valence-electron chi connectivity index (χ1n) is 8.69. The molecule has 0 saturated heterocycles. The van der Waals surface area contributed by atoms with Gasteiger partial charge in [-0.25, -0.2) is 0 Å². The highest BCUT2D eigenvalue weighted by Gasteiger charge is 2.12. The monoisotopic (exact) mass is 459 g/mol. The molecule has 0 saturated carbocycles. The van der Waals surface area contributed by atoms with E-state index in [-0.39, 0.29) is 0 Å². The predicted molar refractivity (Wildman–Crippen MR) is 113 cm³/mol. The Morgan fingerprint density at radius 2 is 1.77 bits per heavy atom. The van der Waals surface area contributed by atoms with Crippen LogP contribution in [-0.4, -0.2) is 12.6 Å². The molecule has 1 N–H and O–H groups in total. The molecule has 0 radical (unpaired) electrons. The van der Waals surface area contributed by atoms with Crippen LogP contribution < -0.4 is 14.8 Å². The van der Waals surface area contributed by atoms with Crippen LogP contribution in [-0.2, 0) is 13.2 Å². The SMILES string of the molecule is CCOc1cc(CNC(C)CC)c(Br)cc1OCc1ccc(Cl)c(Cl)c1. The van der Waals surface area contributed by atoms with Crippen LogP contribution >= 0.6 is 39.1 Å². The summed E-state index contributed by atoms with van der Waals surface area (Å²) < 4.78 is 12.7. The van der Waals surface area contributed by atoms with Crippen LogP contribution in [0.15, 0.2) is 34.8 Å². The fourth-order valence-corrected chi connectivity index (χ4v) is 3.10. The molecule has 1 unspecified atom stereocenters. The first kappa shape index (κ1) is 21.4. The fraction of sp³-hybridized carbons (Fsp3) is 0.400. The number of ether oxygens (including phenoxy) is 2. The number of hydrogen-bond acceptors (Lipinski definition) is 3. The lowest BCUT2D eigenvalue weighted by Crippen LogP contribution is -2.24. The van der Waals surface area contributed by atoms with Gasteiger partial charge in [0.05, 0.1) is 16.7 Å². The van der Waals surface area contributed by atoms with Gasteiger partial charge in [-0.1, -0.05) is 52.1 Å². The van der Waals surface area contributed by atoms with E-state index in [0.717, 1.165) is 34.3 Å². The van der Waals surface area contributed by atoms with Gasteiger partial charge < -0.3 is 14.8 Å². The molecule has 26 heavy (non-hydrogen) atoms. The summed E-state index contributed by atoms with van der Waals surface area (Å²) >= 11 is 15.7. The van der Waals surface area contributed by atoms with Gasteiger partial charge in [-0.2, -0.15) is 0 Å². The Kier molecular flexibility index (Phi) is 8.55. The summed E-state index contributed by atoms with van der Waals surface area (Å²) in [6.45, 7) is 8.02. The zero-order chi connectivity index (χ0) is 19.1. The third-order valence-corrected chi connectivity index (χ3v) is 5.52. The molecule has 0 bridgehead atoms. The third kappa shape index (κ3) is 6.05. The van der Waals surface area contributed by atoms with E-state index in [1.165, 1.54) is 0 Å². The first-order chi connectivity index (χ1) is 12.4. The van der Waals surface area contributed by atoms with Crippen LogP contribution in [0.2, 0.25) is 10.0 Å². The van der Waals surface area contributed by atoms with Crippen molar-refractivity contribution in [2.24, 2.45) is 0 Å². The van der Waals surface area contributed by atoms with Crippen molar-refractivity contribution in [1.29, 1.82) is 0 Å². The molecule has 2 aromatic carbocycles. The summed E-state index contributed by atoms with van der Waals surface area (Å²) in [6.07, 6.45) is 1.08. The summed E-state index contributed by atoms with van der Waals surface area (Å²) in [5.74, 6) is 1.42. The highest BCUT2D eigenvalue weighted by molar-refractivity contribution is 9.10. The maximum Gasteiger partial charge on any atom is 0.162 e. The summed E-state index contributed by atoms with van der Waals surface area (Å²) in [5, 5.41) is 4.55. The fourth-order valence-electron chi connectivity index (χ4n) is 2.31. The van der Waals surface area contributed by atoms with Gasteiger partial charge in [0.1, 0.15) is 6.61 Å². The van der Waals surface area contributed by atoms with Crippen molar-refractivity contribution in [1.82, 2.24) is 5.32 Å². The van der Waals surface area contributed by atoms with Gasteiger partial charge in [-0.15, -0.1) is 0 Å². The van der Waals surface area contributed by atoms with Gasteiger partial charge >= 0.3 is 0 Å². The Bertz CT molecular complexity index is 740. The Balaban J connectivity index is 2.15. The van der Waals surface area contributed by atoms with Crippen LogP contribution in [0.3, 0.4) is 0 Å². The molecule has 0 aromatic heterocycles. The Labute approximate surface area is 174 Å². The minimum Gasteiger partial charge on any atom is -0.490 e. The molecule has 142 valence electrons. The van der Waals surface area contributed by atoms with Crippen molar-refractivity contribution in [3.8, 4) is 11.5 Å². The average Bonchev–Trinajstić information content (AvgIpc) is 2.63. The summed E-state index contributed by atoms with van der Waals surface area (Å²) in [7, 11) is 0. The molecular weight excluding hydrogens is 437 g/mol. The predicted octanol–water partition coefficient (Wildman–Crippen LogP) is 6.62. The van der Waals surface area contributed by atoms with Crippen molar-refractivity contribution >= 4 is 39.1 Å². The highest BCUT2D eigenvalue weighted by atomic mass is 79.9. The normalized spacial score (nSPS) is 12.1. The molecule has 1 atom stereocenters. The van der Waals surface area contributed by atoms with Crippen LogP contribution in [0.5, 0.6) is 11.5 Å². The second kappa shape index (κ2) is 10.4. The van der Waals surface area contributed by atoms with E-state index in [4.69, 9.17) is 32.7 Å². The summed E-state index contributed by atoms with van der Waals surface area (Å²) in [4.78, 5) is 0. The summed E-state index contributed by atoms with van der Waals surface area (Å²) in [6, 6.07) is 9.91. The van der Waals surface area contributed by atoms with E-state index in [9.17, 15) is 0 Å². The van der Waals surface area contributed by atoms with E-state index in [2.05, 4.69) is 35.1 Å². The molecule has 6 heteroatoms. The Hall–Kier alpha value is -0.940. The third-order valence-electron chi connectivity index (χ3n) is 4.04. The lowest BCUT2D eigenvalue weighted by molar-refractivity contribution is 0.269. The minimum absolute atomic E-state index is 0.383. The van der Waals surface area contributed by atoms with Gasteiger partial charge in [0, 0.05) is 17.1 Å². The number of hydrogen-bond donors (Lipinski definition) is 1. The molecule has 0 aliphatic heterocycles. The first-order valence-corrected chi connectivity index (χ1v) is 10.2. The molecule has 2 rings (SSSR count). The van der Waals surface area contributed by atoms with E-state index < -0.39 is 0 Å². The molecule has 0 amide bonds. The van der Waals surface area contributed by atoms with E-state index >= 15 is 0 Å². The van der Waals surface area contributed by atoms with E-state index in [0.29, 0.717) is 35.1 Å². The highest BCUT2D eigenvalue weighted by Crippen LogP contribution is 2.35. The van der Waals surface area contributed by atoms with E-state index in [1.54, 1.807) is 6.07 Å². The molecule has 0 aliphatic rings. The molecule has 0 spiro atoms. The van der Waals surface area contributed by atoms with Crippen LogP contribution in [0.1, 0.15) is 38.3 Å². The summed E-state index contributed by atoms with van der Waals surface area (Å²) in [5.41, 5.74) is 2.08. The number of halogens is 3. The van der Waals surface area contributed by atoms with Crippen molar-refractivity contribution in [3.05, 3.63) is 56.0 Å². The lowest BCUT2D eigenvalue weighted by Gasteiger charge is -2.17. The Morgan fingerprint density at radius 3 is 2.42 bits per heavy atom. The van der Waals surface area contributed by atoms with Crippen molar-refractivity contribution in [2.75, 3.05) is 6.61 Å². The van der Waals surface area contributed by atoms with Crippen molar-refractivity contribution < 1.29 is 9.47 Å². The average molecular weight is 461 g/mol. The smallest absolute Gasteiger partial charge is 0.162 e. The van der Waals surface area contributed by atoms with E-state index in [1.807, 2.05) is 31.2 Å². The Morgan fingerprint density at radius 1 is 1.04 bits per heavy atom. The topological polar surface area (TPSA) is 30.5 Å². The molecular formula is C20H24BrCl2NO2. The number of nitrogens with one attached hydrogen (secondary N) is 1. The maximum absolute atomic E-state index is 6.07. The zero-order valence-electron chi connectivity index (χ0n) is 15.2. The van der Waals surface area contributed by atoms with Crippen LogP contribution in [0.25, 0.3) is 0 Å². The van der Waals surface area contributed by atoms with Crippen LogP contribution in [0.4, 0.5) is 0 Å². The molecule has 0 aliphatic carbocycles. The second-order valence-corrected chi connectivity index (χ2v) is 7.72. The standard InChI is InChI=1S/C20H24BrCl2NO2/c1-4-13(3)24-11-15-9-19(25-5-2)20(10-16(15)21)26-12-14-6-7-17(22)18(23)8-14/h6-10,13,24H,4-5,11-12H2,1-3H3. The van der Waals surface area contributed by atoms with Gasteiger partial charge in [0.15, 0.2) is 11.5 Å². The van der Waals surface area contributed by atoms with Gasteiger partial charge in [-0.05, 0) is 55.7 Å². The lowest BCUT2D eigenvalue weighted by atomic mass is 10.1. The number of benzene rings is 2. The molecule has 3 nitrogen and oxygen atoms in total. The number of rotatable bonds is 9. The quantitative estimate of drug-likeness (QED) is 0.455. The van der Waals surface area contributed by atoms with Crippen molar-refractivity contribution in [3.63, 3.8) is 0 Å². The largest absolute Gasteiger partial charge is 0.490 e. The van der Waals surface area contributed by atoms with Gasteiger partial charge in [-0.3, -0.25) is 0 Å². The molecule has 0 fully saturated rings. The molecule has 0 heterocycles. The molecule has 2 aromatic rings. The second-order valence-electron chi connectivity index (χ2n) is 6.05. The van der Waals surface area contributed by atoms with Gasteiger partial charge in [0.2, 0.25) is 0 Å². The zero-order valence-corrected chi connectivity index (χ0v) is 18.3.